The smallest absolute Gasteiger partial charge is 0.252 e. The highest BCUT2D eigenvalue weighted by molar-refractivity contribution is 6.32. The van der Waals surface area contributed by atoms with Gasteiger partial charge in [-0.05, 0) is 48.5 Å². The van der Waals surface area contributed by atoms with Crippen LogP contribution in [0.4, 0.5) is 15.9 Å². The Morgan fingerprint density at radius 1 is 1.15 bits per heavy atom. The van der Waals surface area contributed by atoms with Gasteiger partial charge in [-0.1, -0.05) is 23.4 Å². The molecule has 164 valence electrons. The highest BCUT2D eigenvalue weighted by Gasteiger charge is 2.08. The average Bonchev–Trinajstić information content (AvgIpc) is 2.84. The number of anilines is 2. The van der Waals surface area contributed by atoms with Crippen molar-refractivity contribution in [1.82, 2.24) is 20.3 Å². The van der Waals surface area contributed by atoms with Gasteiger partial charge in [0.1, 0.15) is 23.6 Å². The minimum atomic E-state index is -1.06. The number of hydrogen-bond acceptors (Lipinski definition) is 6. The number of hydrogen-bond donors (Lipinski definition) is 2. The van der Waals surface area contributed by atoms with Gasteiger partial charge >= 0.3 is 0 Å². The molecule has 2 heterocycles. The molecule has 0 spiro atoms. The fraction of sp³-hybridized carbons (Fsp3) is 0.0833. The first-order valence-corrected chi connectivity index (χ1v) is 10.2. The minimum absolute atomic E-state index is 0.0587. The Labute approximate surface area is 194 Å². The third kappa shape index (κ3) is 5.73. The fourth-order valence-electron chi connectivity index (χ4n) is 2.90. The van der Waals surface area contributed by atoms with Gasteiger partial charge in [0.25, 0.3) is 5.91 Å². The molecule has 0 radical (unpaired) electrons. The third-order valence-electron chi connectivity index (χ3n) is 4.42. The van der Waals surface area contributed by atoms with Crippen molar-refractivity contribution in [2.75, 3.05) is 18.5 Å². The van der Waals surface area contributed by atoms with Crippen LogP contribution in [0.1, 0.15) is 5.56 Å². The fourth-order valence-corrected chi connectivity index (χ4v) is 3.12. The number of carbonyl (C=O) groups is 1. The molecular formula is C24H17ClFN5O2. The number of nitrogens with one attached hydrogen (secondary N) is 2. The molecule has 0 aliphatic carbocycles. The lowest BCUT2D eigenvalue weighted by Gasteiger charge is -2.11. The van der Waals surface area contributed by atoms with Crippen LogP contribution < -0.4 is 15.4 Å². The van der Waals surface area contributed by atoms with Gasteiger partial charge < -0.3 is 15.4 Å². The molecule has 0 aliphatic rings. The van der Waals surface area contributed by atoms with Gasteiger partial charge in [-0.3, -0.25) is 9.78 Å². The van der Waals surface area contributed by atoms with E-state index >= 15 is 0 Å². The van der Waals surface area contributed by atoms with Crippen molar-refractivity contribution in [3.63, 3.8) is 0 Å². The molecule has 9 heteroatoms. The van der Waals surface area contributed by atoms with Crippen molar-refractivity contribution < 1.29 is 13.9 Å². The molecule has 7 nitrogen and oxygen atoms in total. The van der Waals surface area contributed by atoms with Gasteiger partial charge in [0.05, 0.1) is 23.3 Å². The van der Waals surface area contributed by atoms with E-state index in [1.165, 1.54) is 6.33 Å². The van der Waals surface area contributed by atoms with E-state index in [4.69, 9.17) is 16.3 Å². The van der Waals surface area contributed by atoms with Crippen LogP contribution in [0.2, 0.25) is 5.02 Å². The highest BCUT2D eigenvalue weighted by atomic mass is 35.5. The van der Waals surface area contributed by atoms with Crippen LogP contribution in [0.25, 0.3) is 10.9 Å². The van der Waals surface area contributed by atoms with Crippen molar-refractivity contribution in [3.8, 4) is 23.3 Å². The Kier molecular flexibility index (Phi) is 6.93. The summed E-state index contributed by atoms with van der Waals surface area (Å²) in [5.74, 6) is 6.69. The second-order valence-electron chi connectivity index (χ2n) is 6.73. The first kappa shape index (κ1) is 22.0. The van der Waals surface area contributed by atoms with Gasteiger partial charge in [0.15, 0.2) is 6.67 Å². The standard InChI is InChI=1S/C24H17ClFN5O2/c25-20-12-17(6-8-22(20)33-18-4-2-9-27-14-18)31-24-19-11-16(3-1-10-28-23(32)13-26)5-7-21(19)29-15-30-24/h2,4-9,11-12,14-15H,10,13H2,(H,28,32)(H,29,30,31). The summed E-state index contributed by atoms with van der Waals surface area (Å²) in [6.07, 6.45) is 4.73. The van der Waals surface area contributed by atoms with Crippen molar-refractivity contribution in [1.29, 1.82) is 0 Å². The number of pyridine rings is 1. The zero-order chi connectivity index (χ0) is 23.0. The first-order valence-electron chi connectivity index (χ1n) is 9.83. The number of benzene rings is 2. The molecule has 33 heavy (non-hydrogen) atoms. The lowest BCUT2D eigenvalue weighted by Crippen LogP contribution is -2.24. The van der Waals surface area contributed by atoms with E-state index in [0.29, 0.717) is 33.6 Å². The van der Waals surface area contributed by atoms with Gasteiger partial charge in [0.2, 0.25) is 0 Å². The summed E-state index contributed by atoms with van der Waals surface area (Å²) >= 11 is 6.40. The van der Waals surface area contributed by atoms with E-state index in [1.807, 2.05) is 24.3 Å². The SMILES string of the molecule is O=C(CF)NCC#Cc1ccc2ncnc(Nc3ccc(Oc4cccnc4)c(Cl)c3)c2c1. The number of carbonyl (C=O) groups excluding carboxylic acids is 1. The molecule has 2 aromatic heterocycles. The Morgan fingerprint density at radius 2 is 2.06 bits per heavy atom. The number of nitrogens with zero attached hydrogens (tertiary/aromatic N) is 3. The second kappa shape index (κ2) is 10.4. The maximum atomic E-state index is 12.2. The third-order valence-corrected chi connectivity index (χ3v) is 4.72. The maximum Gasteiger partial charge on any atom is 0.252 e. The monoisotopic (exact) mass is 461 g/mol. The second-order valence-corrected chi connectivity index (χ2v) is 7.13. The zero-order valence-electron chi connectivity index (χ0n) is 17.2. The molecular weight excluding hydrogens is 445 g/mol. The molecule has 2 aromatic carbocycles. The Hall–Kier alpha value is -4.22. The number of amides is 1. The van der Waals surface area contributed by atoms with E-state index in [-0.39, 0.29) is 6.54 Å². The molecule has 0 atom stereocenters. The van der Waals surface area contributed by atoms with E-state index in [0.717, 1.165) is 10.9 Å². The quantitative estimate of drug-likeness (QED) is 0.406. The Balaban J connectivity index is 1.54. The van der Waals surface area contributed by atoms with Crippen LogP contribution in [-0.2, 0) is 4.79 Å². The van der Waals surface area contributed by atoms with Crippen LogP contribution in [0.15, 0.2) is 67.3 Å². The van der Waals surface area contributed by atoms with Crippen LogP contribution in [0.5, 0.6) is 11.5 Å². The molecule has 4 aromatic rings. The van der Waals surface area contributed by atoms with Gasteiger partial charge in [0, 0.05) is 22.8 Å². The highest BCUT2D eigenvalue weighted by Crippen LogP contribution is 2.33. The van der Waals surface area contributed by atoms with E-state index < -0.39 is 12.6 Å². The normalized spacial score (nSPS) is 10.2. The summed E-state index contributed by atoms with van der Waals surface area (Å²) in [5.41, 5.74) is 2.14. The van der Waals surface area contributed by atoms with E-state index in [2.05, 4.69) is 37.4 Å². The predicted octanol–water partition coefficient (Wildman–Crippen LogP) is 4.65. The number of fused-ring (bicyclic) bond motifs is 1. The zero-order valence-corrected chi connectivity index (χ0v) is 17.9. The number of rotatable bonds is 6. The minimum Gasteiger partial charge on any atom is -0.454 e. The summed E-state index contributed by atoms with van der Waals surface area (Å²) in [7, 11) is 0. The summed E-state index contributed by atoms with van der Waals surface area (Å²) in [6, 6.07) is 14.3. The average molecular weight is 462 g/mol. The van der Waals surface area contributed by atoms with Crippen molar-refractivity contribution in [2.45, 2.75) is 0 Å². The van der Waals surface area contributed by atoms with Crippen LogP contribution >= 0.6 is 11.6 Å². The Bertz CT molecular complexity index is 1360. The summed E-state index contributed by atoms with van der Waals surface area (Å²) < 4.78 is 17.9. The molecule has 1 amide bonds. The molecule has 0 saturated carbocycles. The largest absolute Gasteiger partial charge is 0.454 e. The molecule has 0 saturated heterocycles. The Morgan fingerprint density at radius 3 is 2.85 bits per heavy atom. The van der Waals surface area contributed by atoms with Crippen molar-refractivity contribution in [2.24, 2.45) is 0 Å². The molecule has 4 rings (SSSR count). The topological polar surface area (TPSA) is 89.0 Å². The lowest BCUT2D eigenvalue weighted by molar-refractivity contribution is -0.121. The molecule has 0 bridgehead atoms. The van der Waals surface area contributed by atoms with E-state index in [1.54, 1.807) is 36.7 Å². The number of aromatic nitrogens is 3. The summed E-state index contributed by atoms with van der Waals surface area (Å²) in [6.45, 7) is -1.01. The van der Waals surface area contributed by atoms with Crippen LogP contribution in [0.3, 0.4) is 0 Å². The van der Waals surface area contributed by atoms with Crippen molar-refractivity contribution >= 4 is 39.9 Å². The summed E-state index contributed by atoms with van der Waals surface area (Å²) in [5, 5.41) is 6.78. The van der Waals surface area contributed by atoms with Crippen LogP contribution in [-0.4, -0.2) is 34.1 Å². The molecule has 0 aliphatic heterocycles. The summed E-state index contributed by atoms with van der Waals surface area (Å²) in [4.78, 5) is 23.6. The number of ether oxygens (including phenoxy) is 1. The van der Waals surface area contributed by atoms with Gasteiger partial charge in [-0.25, -0.2) is 14.4 Å². The molecule has 0 fully saturated rings. The number of halogens is 2. The van der Waals surface area contributed by atoms with Gasteiger partial charge in [-0.15, -0.1) is 0 Å². The molecule has 0 unspecified atom stereocenters. The molecule has 2 N–H and O–H groups in total. The van der Waals surface area contributed by atoms with E-state index in [9.17, 15) is 9.18 Å². The maximum absolute atomic E-state index is 12.2. The first-order chi connectivity index (χ1) is 16.1. The lowest BCUT2D eigenvalue weighted by atomic mass is 10.1. The van der Waals surface area contributed by atoms with Crippen LogP contribution in [0, 0.1) is 11.8 Å². The van der Waals surface area contributed by atoms with Crippen molar-refractivity contribution in [3.05, 3.63) is 77.8 Å². The van der Waals surface area contributed by atoms with Gasteiger partial charge in [-0.2, -0.15) is 0 Å². The predicted molar refractivity (Wildman–Crippen MR) is 124 cm³/mol. The number of alkyl halides is 1.